The molecule has 1 aromatic rings. The predicted octanol–water partition coefficient (Wildman–Crippen LogP) is 2.25. The highest BCUT2D eigenvalue weighted by molar-refractivity contribution is 5.78. The van der Waals surface area contributed by atoms with Crippen molar-refractivity contribution in [3.63, 3.8) is 0 Å². The second-order valence-corrected chi connectivity index (χ2v) is 4.33. The van der Waals surface area contributed by atoms with Crippen molar-refractivity contribution in [2.24, 2.45) is 0 Å². The molecule has 0 saturated heterocycles. The highest BCUT2D eigenvalue weighted by Gasteiger charge is 1.99. The number of hydrogen-bond acceptors (Lipinski definition) is 4. The number of hydrogen-bond donors (Lipinski definition) is 0. The van der Waals surface area contributed by atoms with Crippen LogP contribution >= 0.6 is 0 Å². The molecule has 0 aromatic heterocycles. The van der Waals surface area contributed by atoms with Crippen LogP contribution in [0.15, 0.2) is 24.3 Å². The third kappa shape index (κ3) is 7.59. The Labute approximate surface area is 114 Å². The van der Waals surface area contributed by atoms with Crippen molar-refractivity contribution < 1.29 is 19.0 Å². The van der Waals surface area contributed by atoms with E-state index in [4.69, 9.17) is 14.2 Å². The summed E-state index contributed by atoms with van der Waals surface area (Å²) in [6, 6.07) is 7.63. The van der Waals surface area contributed by atoms with Crippen LogP contribution in [0.4, 0.5) is 0 Å². The van der Waals surface area contributed by atoms with Gasteiger partial charge in [-0.15, -0.1) is 0 Å². The van der Waals surface area contributed by atoms with Gasteiger partial charge in [0.1, 0.15) is 11.5 Å². The molecule has 4 heteroatoms. The van der Waals surface area contributed by atoms with E-state index in [2.05, 4.69) is 0 Å². The van der Waals surface area contributed by atoms with Gasteiger partial charge in [0.05, 0.1) is 19.8 Å². The fourth-order valence-electron chi connectivity index (χ4n) is 1.59. The zero-order chi connectivity index (χ0) is 13.9. The predicted molar refractivity (Wildman–Crippen MR) is 73.6 cm³/mol. The van der Waals surface area contributed by atoms with Crippen LogP contribution in [0.2, 0.25) is 0 Å². The molecule has 0 atom stereocenters. The monoisotopic (exact) mass is 266 g/mol. The topological polar surface area (TPSA) is 44.8 Å². The number of carbonyl (C=O) groups is 1. The molecule has 0 aliphatic heterocycles. The number of ketones is 1. The lowest BCUT2D eigenvalue weighted by atomic mass is 10.1. The van der Waals surface area contributed by atoms with E-state index in [9.17, 15) is 4.79 Å². The molecule has 0 unspecified atom stereocenters. The molecule has 1 aromatic carbocycles. The van der Waals surface area contributed by atoms with Gasteiger partial charge in [-0.25, -0.2) is 0 Å². The van der Waals surface area contributed by atoms with E-state index in [1.54, 1.807) is 14.0 Å². The third-order valence-corrected chi connectivity index (χ3v) is 2.51. The summed E-state index contributed by atoms with van der Waals surface area (Å²) in [7, 11) is 1.65. The molecule has 1 rings (SSSR count). The van der Waals surface area contributed by atoms with Gasteiger partial charge >= 0.3 is 0 Å². The number of methoxy groups -OCH3 is 1. The first-order valence-corrected chi connectivity index (χ1v) is 6.50. The van der Waals surface area contributed by atoms with Gasteiger partial charge < -0.3 is 14.2 Å². The first kappa shape index (κ1) is 15.7. The molecule has 0 spiro atoms. The van der Waals surface area contributed by atoms with Gasteiger partial charge in [0, 0.05) is 26.6 Å². The molecule has 0 radical (unpaired) electrons. The van der Waals surface area contributed by atoms with Crippen LogP contribution in [0.25, 0.3) is 0 Å². The molecule has 0 heterocycles. The number of rotatable bonds is 10. The highest BCUT2D eigenvalue weighted by atomic mass is 16.5. The first-order valence-electron chi connectivity index (χ1n) is 6.50. The Kier molecular flexibility index (Phi) is 7.86. The van der Waals surface area contributed by atoms with Crippen molar-refractivity contribution >= 4 is 5.78 Å². The second kappa shape index (κ2) is 9.53. The summed E-state index contributed by atoms with van der Waals surface area (Å²) < 4.78 is 15.8. The Bertz CT molecular complexity index is 359. The van der Waals surface area contributed by atoms with Crippen LogP contribution in [0.3, 0.4) is 0 Å². The van der Waals surface area contributed by atoms with Gasteiger partial charge in [0.25, 0.3) is 0 Å². The molecule has 19 heavy (non-hydrogen) atoms. The Balaban J connectivity index is 2.14. The minimum atomic E-state index is 0.168. The maximum atomic E-state index is 11.0. The van der Waals surface area contributed by atoms with Crippen molar-refractivity contribution in [3.8, 4) is 5.75 Å². The molecule has 106 valence electrons. The molecule has 0 fully saturated rings. The number of benzene rings is 1. The van der Waals surface area contributed by atoms with E-state index < -0.39 is 0 Å². The lowest BCUT2D eigenvalue weighted by molar-refractivity contribution is -0.116. The molecule has 0 bridgehead atoms. The van der Waals surface area contributed by atoms with Crippen LogP contribution < -0.4 is 4.74 Å². The Morgan fingerprint density at radius 2 is 1.79 bits per heavy atom. The number of ether oxygens (including phenoxy) is 3. The quantitative estimate of drug-likeness (QED) is 0.609. The van der Waals surface area contributed by atoms with Gasteiger partial charge in [0.2, 0.25) is 0 Å². The number of carbonyl (C=O) groups excluding carboxylic acids is 1. The summed E-state index contributed by atoms with van der Waals surface area (Å²) in [6.07, 6.45) is 1.33. The minimum absolute atomic E-state index is 0.168. The molecule has 0 amide bonds. The van der Waals surface area contributed by atoms with E-state index >= 15 is 0 Å². The standard InChI is InChI=1S/C15H22O4/c1-13(16)12-14-4-6-15(7-5-14)19-9-3-8-18-11-10-17-2/h4-7H,3,8-12H2,1-2H3. The van der Waals surface area contributed by atoms with Crippen LogP contribution in [0, 0.1) is 0 Å². The lowest BCUT2D eigenvalue weighted by Gasteiger charge is -2.07. The van der Waals surface area contributed by atoms with Crippen molar-refractivity contribution in [1.29, 1.82) is 0 Å². The van der Waals surface area contributed by atoms with Gasteiger partial charge in [-0.3, -0.25) is 4.79 Å². The summed E-state index contributed by atoms with van der Waals surface area (Å²) in [5.41, 5.74) is 1.02. The first-order chi connectivity index (χ1) is 9.22. The summed E-state index contributed by atoms with van der Waals surface area (Å²) >= 11 is 0. The summed E-state index contributed by atoms with van der Waals surface area (Å²) in [6.45, 7) is 4.13. The van der Waals surface area contributed by atoms with Crippen LogP contribution in [-0.4, -0.2) is 39.3 Å². The van der Waals surface area contributed by atoms with Gasteiger partial charge in [-0.2, -0.15) is 0 Å². The van der Waals surface area contributed by atoms with Gasteiger partial charge in [-0.05, 0) is 24.6 Å². The van der Waals surface area contributed by atoms with Gasteiger partial charge in [-0.1, -0.05) is 12.1 Å². The maximum Gasteiger partial charge on any atom is 0.134 e. The van der Waals surface area contributed by atoms with E-state index in [-0.39, 0.29) is 5.78 Å². The third-order valence-electron chi connectivity index (χ3n) is 2.51. The van der Waals surface area contributed by atoms with E-state index in [1.807, 2.05) is 24.3 Å². The SMILES string of the molecule is COCCOCCCOc1ccc(CC(C)=O)cc1. The van der Waals surface area contributed by atoms with Gasteiger partial charge in [0.15, 0.2) is 0 Å². The van der Waals surface area contributed by atoms with Crippen LogP contribution in [0.5, 0.6) is 5.75 Å². The van der Waals surface area contributed by atoms with E-state index in [0.717, 1.165) is 17.7 Å². The molecule has 0 aliphatic carbocycles. The zero-order valence-electron chi connectivity index (χ0n) is 11.7. The molecule has 0 N–H and O–H groups in total. The number of Topliss-reactive ketones (excluding diaryl/α,β-unsaturated/α-hetero) is 1. The smallest absolute Gasteiger partial charge is 0.134 e. The molecule has 0 aliphatic rings. The average molecular weight is 266 g/mol. The molecule has 4 nitrogen and oxygen atoms in total. The lowest BCUT2D eigenvalue weighted by Crippen LogP contribution is -2.06. The molecular formula is C15H22O4. The second-order valence-electron chi connectivity index (χ2n) is 4.33. The molecule has 0 saturated carbocycles. The Morgan fingerprint density at radius 3 is 2.42 bits per heavy atom. The van der Waals surface area contributed by atoms with Crippen molar-refractivity contribution in [2.75, 3.05) is 33.5 Å². The summed E-state index contributed by atoms with van der Waals surface area (Å²) in [5.74, 6) is 0.992. The average Bonchev–Trinajstić information content (AvgIpc) is 2.39. The van der Waals surface area contributed by atoms with Crippen LogP contribution in [-0.2, 0) is 20.7 Å². The largest absolute Gasteiger partial charge is 0.494 e. The minimum Gasteiger partial charge on any atom is -0.494 e. The summed E-state index contributed by atoms with van der Waals surface area (Å²) in [4.78, 5) is 11.0. The van der Waals surface area contributed by atoms with E-state index in [1.165, 1.54) is 0 Å². The normalized spacial score (nSPS) is 10.4. The Hall–Kier alpha value is -1.39. The Morgan fingerprint density at radius 1 is 1.05 bits per heavy atom. The maximum absolute atomic E-state index is 11.0. The van der Waals surface area contributed by atoms with Crippen molar-refractivity contribution in [3.05, 3.63) is 29.8 Å². The molecular weight excluding hydrogens is 244 g/mol. The zero-order valence-corrected chi connectivity index (χ0v) is 11.7. The van der Waals surface area contributed by atoms with Crippen molar-refractivity contribution in [1.82, 2.24) is 0 Å². The van der Waals surface area contributed by atoms with Crippen LogP contribution in [0.1, 0.15) is 18.9 Å². The van der Waals surface area contributed by atoms with Crippen molar-refractivity contribution in [2.45, 2.75) is 19.8 Å². The summed E-state index contributed by atoms with van der Waals surface area (Å²) in [5, 5.41) is 0. The highest BCUT2D eigenvalue weighted by Crippen LogP contribution is 2.13. The fraction of sp³-hybridized carbons (Fsp3) is 0.533. The van der Waals surface area contributed by atoms with E-state index in [0.29, 0.717) is 32.8 Å². The fourth-order valence-corrected chi connectivity index (χ4v) is 1.59.